The predicted molar refractivity (Wildman–Crippen MR) is 80.9 cm³/mol. The molecule has 0 atom stereocenters. The van der Waals surface area contributed by atoms with Gasteiger partial charge in [0.15, 0.2) is 0 Å². The van der Waals surface area contributed by atoms with Crippen molar-refractivity contribution in [2.24, 2.45) is 0 Å². The van der Waals surface area contributed by atoms with Crippen LogP contribution in [0.5, 0.6) is 5.75 Å². The summed E-state index contributed by atoms with van der Waals surface area (Å²) in [5, 5.41) is 0. The van der Waals surface area contributed by atoms with Gasteiger partial charge in [-0.15, -0.1) is 0 Å². The fourth-order valence-corrected chi connectivity index (χ4v) is 1.91. The van der Waals surface area contributed by atoms with Crippen LogP contribution in [0.15, 0.2) is 30.3 Å². The van der Waals surface area contributed by atoms with Gasteiger partial charge in [-0.05, 0) is 18.6 Å². The maximum atomic E-state index is 11.5. The summed E-state index contributed by atoms with van der Waals surface area (Å²) in [7, 11) is 0. The van der Waals surface area contributed by atoms with E-state index in [0.717, 1.165) is 13.0 Å². The minimum absolute atomic E-state index is 0.237. The Morgan fingerprint density at radius 2 is 1.65 bits per heavy atom. The van der Waals surface area contributed by atoms with Gasteiger partial charge in [0.1, 0.15) is 5.75 Å². The van der Waals surface area contributed by atoms with E-state index in [1.807, 2.05) is 18.2 Å². The Labute approximate surface area is 122 Å². The lowest BCUT2D eigenvalue weighted by molar-refractivity contribution is -0.135. The van der Waals surface area contributed by atoms with Crippen LogP contribution in [0.1, 0.15) is 51.9 Å². The Morgan fingerprint density at radius 1 is 0.950 bits per heavy atom. The molecular formula is C17H26O3. The molecular weight excluding hydrogens is 252 g/mol. The number of carbonyl (C=O) groups excluding carboxylic acids is 1. The zero-order valence-corrected chi connectivity index (χ0v) is 12.5. The molecule has 1 aromatic rings. The molecule has 1 rings (SSSR count). The Morgan fingerprint density at radius 3 is 2.40 bits per heavy atom. The van der Waals surface area contributed by atoms with Crippen molar-refractivity contribution in [2.45, 2.75) is 51.9 Å². The van der Waals surface area contributed by atoms with Crippen molar-refractivity contribution in [1.82, 2.24) is 0 Å². The number of unbranched alkanes of at least 4 members (excludes halogenated alkanes) is 5. The third kappa shape index (κ3) is 8.70. The van der Waals surface area contributed by atoms with Crippen LogP contribution in [0.3, 0.4) is 0 Å². The molecule has 0 aliphatic carbocycles. The third-order valence-corrected chi connectivity index (χ3v) is 3.07. The molecule has 0 aromatic heterocycles. The quantitative estimate of drug-likeness (QED) is 0.343. The van der Waals surface area contributed by atoms with E-state index < -0.39 is 0 Å². The van der Waals surface area contributed by atoms with Crippen molar-refractivity contribution in [3.8, 4) is 5.75 Å². The van der Waals surface area contributed by atoms with Crippen molar-refractivity contribution < 1.29 is 14.3 Å². The van der Waals surface area contributed by atoms with Crippen molar-refractivity contribution >= 4 is 5.97 Å². The van der Waals surface area contributed by atoms with E-state index in [-0.39, 0.29) is 5.97 Å². The van der Waals surface area contributed by atoms with E-state index >= 15 is 0 Å². The van der Waals surface area contributed by atoms with Gasteiger partial charge in [-0.2, -0.15) is 0 Å². The summed E-state index contributed by atoms with van der Waals surface area (Å²) in [6, 6.07) is 9.13. The first-order chi connectivity index (χ1) is 9.83. The van der Waals surface area contributed by atoms with E-state index in [4.69, 9.17) is 9.47 Å². The van der Waals surface area contributed by atoms with Crippen LogP contribution in [0, 0.1) is 0 Å². The number of hydrogen-bond donors (Lipinski definition) is 0. The maximum Gasteiger partial charge on any atom is 0.313 e. The molecule has 0 aliphatic heterocycles. The van der Waals surface area contributed by atoms with Crippen molar-refractivity contribution in [3.05, 3.63) is 30.3 Å². The highest BCUT2D eigenvalue weighted by molar-refractivity contribution is 5.72. The topological polar surface area (TPSA) is 35.5 Å². The standard InChI is InChI=1S/C17H26O3/c1-2-3-4-5-6-10-14-19-15-13-17(18)20-16-11-8-7-9-12-16/h7-9,11-12H,2-6,10,13-15H2,1H3. The van der Waals surface area contributed by atoms with Gasteiger partial charge in [-0.25, -0.2) is 0 Å². The largest absolute Gasteiger partial charge is 0.426 e. The smallest absolute Gasteiger partial charge is 0.313 e. The first-order valence-corrected chi connectivity index (χ1v) is 7.66. The number of para-hydroxylation sites is 1. The van der Waals surface area contributed by atoms with Crippen LogP contribution in [0.2, 0.25) is 0 Å². The molecule has 0 radical (unpaired) electrons. The lowest BCUT2D eigenvalue weighted by Gasteiger charge is -2.05. The summed E-state index contributed by atoms with van der Waals surface area (Å²) in [6.45, 7) is 3.41. The number of ether oxygens (including phenoxy) is 2. The minimum Gasteiger partial charge on any atom is -0.426 e. The van der Waals surface area contributed by atoms with Crippen LogP contribution < -0.4 is 4.74 Å². The first-order valence-electron chi connectivity index (χ1n) is 7.66. The number of rotatable bonds is 11. The van der Waals surface area contributed by atoms with Crippen molar-refractivity contribution in [3.63, 3.8) is 0 Å². The van der Waals surface area contributed by atoms with Crippen LogP contribution in [-0.4, -0.2) is 19.2 Å². The Balaban J connectivity index is 1.92. The molecule has 0 bridgehead atoms. The highest BCUT2D eigenvalue weighted by atomic mass is 16.5. The second-order valence-corrected chi connectivity index (χ2v) is 4.92. The van der Waals surface area contributed by atoms with Gasteiger partial charge in [0.2, 0.25) is 0 Å². The predicted octanol–water partition coefficient (Wildman–Crippen LogP) is 4.36. The summed E-state index contributed by atoms with van der Waals surface area (Å²) in [4.78, 5) is 11.5. The minimum atomic E-state index is -0.237. The molecule has 3 nitrogen and oxygen atoms in total. The molecule has 0 saturated carbocycles. The molecule has 0 aliphatic rings. The average Bonchev–Trinajstić information content (AvgIpc) is 2.46. The van der Waals surface area contributed by atoms with Crippen molar-refractivity contribution in [2.75, 3.05) is 13.2 Å². The van der Waals surface area contributed by atoms with E-state index in [2.05, 4.69) is 6.92 Å². The van der Waals surface area contributed by atoms with Gasteiger partial charge in [0.25, 0.3) is 0 Å². The molecule has 0 fully saturated rings. The molecule has 20 heavy (non-hydrogen) atoms. The molecule has 0 N–H and O–H groups in total. The molecule has 0 amide bonds. The van der Waals surface area contributed by atoms with Crippen LogP contribution >= 0.6 is 0 Å². The zero-order chi connectivity index (χ0) is 14.5. The van der Waals surface area contributed by atoms with Crippen molar-refractivity contribution in [1.29, 1.82) is 0 Å². The lowest BCUT2D eigenvalue weighted by Crippen LogP contribution is -2.11. The number of carbonyl (C=O) groups is 1. The number of benzene rings is 1. The van der Waals surface area contributed by atoms with E-state index in [1.54, 1.807) is 12.1 Å². The first kappa shape index (κ1) is 16.7. The monoisotopic (exact) mass is 278 g/mol. The average molecular weight is 278 g/mol. The second kappa shape index (κ2) is 11.5. The van der Waals surface area contributed by atoms with Crippen LogP contribution in [0.4, 0.5) is 0 Å². The van der Waals surface area contributed by atoms with Crippen LogP contribution in [-0.2, 0) is 9.53 Å². The van der Waals surface area contributed by atoms with Gasteiger partial charge in [0.05, 0.1) is 13.0 Å². The normalized spacial score (nSPS) is 10.4. The van der Waals surface area contributed by atoms with E-state index in [9.17, 15) is 4.79 Å². The molecule has 0 unspecified atom stereocenters. The lowest BCUT2D eigenvalue weighted by atomic mass is 10.1. The molecule has 0 spiro atoms. The Hall–Kier alpha value is -1.35. The molecule has 0 saturated heterocycles. The molecule has 3 heteroatoms. The zero-order valence-electron chi connectivity index (χ0n) is 12.5. The summed E-state index contributed by atoms with van der Waals surface area (Å²) in [5.41, 5.74) is 0. The molecule has 1 aromatic carbocycles. The Kier molecular flexibility index (Phi) is 9.58. The van der Waals surface area contributed by atoms with Crippen LogP contribution in [0.25, 0.3) is 0 Å². The van der Waals surface area contributed by atoms with Gasteiger partial charge in [0, 0.05) is 6.61 Å². The molecule has 0 heterocycles. The molecule has 112 valence electrons. The SMILES string of the molecule is CCCCCCCCOCCC(=O)Oc1ccccc1. The summed E-state index contributed by atoms with van der Waals surface area (Å²) >= 11 is 0. The second-order valence-electron chi connectivity index (χ2n) is 4.92. The van der Waals surface area contributed by atoms with E-state index in [0.29, 0.717) is 18.8 Å². The van der Waals surface area contributed by atoms with Gasteiger partial charge in [-0.1, -0.05) is 57.2 Å². The number of hydrogen-bond acceptors (Lipinski definition) is 3. The summed E-state index contributed by atoms with van der Waals surface area (Å²) < 4.78 is 10.6. The third-order valence-electron chi connectivity index (χ3n) is 3.07. The fourth-order valence-electron chi connectivity index (χ4n) is 1.91. The Bertz CT molecular complexity index is 349. The highest BCUT2D eigenvalue weighted by Gasteiger charge is 2.04. The van der Waals surface area contributed by atoms with Gasteiger partial charge in [-0.3, -0.25) is 4.79 Å². The van der Waals surface area contributed by atoms with Gasteiger partial charge >= 0.3 is 5.97 Å². The summed E-state index contributed by atoms with van der Waals surface area (Å²) in [5.74, 6) is 0.354. The fraction of sp³-hybridized carbons (Fsp3) is 0.588. The van der Waals surface area contributed by atoms with Gasteiger partial charge < -0.3 is 9.47 Å². The number of esters is 1. The summed E-state index contributed by atoms with van der Waals surface area (Å²) in [6.07, 6.45) is 7.82. The van der Waals surface area contributed by atoms with E-state index in [1.165, 1.54) is 32.1 Å². The highest BCUT2D eigenvalue weighted by Crippen LogP contribution is 2.09. The maximum absolute atomic E-state index is 11.5.